The monoisotopic (exact) mass is 480 g/mol. The molecule has 0 aliphatic heterocycles. The highest BCUT2D eigenvalue weighted by Gasteiger charge is 2.03. The van der Waals surface area contributed by atoms with Crippen LogP contribution in [0.25, 0.3) is 11.1 Å². The molecular formula is C26H41ClN2S2. The fourth-order valence-corrected chi connectivity index (χ4v) is 5.20. The average Bonchev–Trinajstić information content (AvgIpc) is 2.80. The van der Waals surface area contributed by atoms with Crippen molar-refractivity contribution in [1.82, 2.24) is 9.80 Å². The number of hydrogen-bond donors (Lipinski definition) is 0. The van der Waals surface area contributed by atoms with Gasteiger partial charge in [-0.1, -0.05) is 52.0 Å². The average molecular weight is 481 g/mol. The van der Waals surface area contributed by atoms with Gasteiger partial charge in [0.05, 0.1) is 0 Å². The minimum atomic E-state index is 0. The highest BCUT2D eigenvalue weighted by Crippen LogP contribution is 2.27. The maximum absolute atomic E-state index is 2.50. The van der Waals surface area contributed by atoms with Gasteiger partial charge in [-0.15, -0.1) is 35.9 Å². The molecule has 2 nitrogen and oxygen atoms in total. The molecule has 0 heterocycles. The molecule has 0 aliphatic rings. The summed E-state index contributed by atoms with van der Waals surface area (Å²) in [5, 5.41) is 0. The number of halogens is 1. The lowest BCUT2D eigenvalue weighted by atomic mass is 10.1. The van der Waals surface area contributed by atoms with Crippen molar-refractivity contribution < 1.29 is 0 Å². The normalized spacial score (nSPS) is 11.2. The molecule has 0 saturated carbocycles. The van der Waals surface area contributed by atoms with Crippen molar-refractivity contribution in [2.24, 2.45) is 0 Å². The zero-order chi connectivity index (χ0) is 21.6. The quantitative estimate of drug-likeness (QED) is 0.193. The summed E-state index contributed by atoms with van der Waals surface area (Å²) in [7, 11) is 0. The van der Waals surface area contributed by atoms with Gasteiger partial charge in [-0.3, -0.25) is 0 Å². The molecule has 0 amide bonds. The maximum atomic E-state index is 2.50. The summed E-state index contributed by atoms with van der Waals surface area (Å²) in [6, 6.07) is 18.1. The van der Waals surface area contributed by atoms with E-state index >= 15 is 0 Å². The van der Waals surface area contributed by atoms with Crippen LogP contribution in [0.15, 0.2) is 58.3 Å². The summed E-state index contributed by atoms with van der Waals surface area (Å²) in [5.41, 5.74) is 2.61. The summed E-state index contributed by atoms with van der Waals surface area (Å²) in [5.74, 6) is 2.38. The lowest BCUT2D eigenvalue weighted by Crippen LogP contribution is -2.24. The van der Waals surface area contributed by atoms with Gasteiger partial charge in [-0.2, -0.15) is 0 Å². The molecular weight excluding hydrogens is 440 g/mol. The van der Waals surface area contributed by atoms with Gasteiger partial charge in [-0.25, -0.2) is 0 Å². The molecule has 31 heavy (non-hydrogen) atoms. The topological polar surface area (TPSA) is 6.48 Å². The van der Waals surface area contributed by atoms with Crippen LogP contribution in [0, 0.1) is 0 Å². The van der Waals surface area contributed by atoms with Gasteiger partial charge in [0.25, 0.3) is 0 Å². The molecule has 0 unspecified atom stereocenters. The Morgan fingerprint density at radius 1 is 0.548 bits per heavy atom. The number of nitrogens with zero attached hydrogens (tertiary/aromatic N) is 2. The SMILES string of the molecule is CCN(CC)CCCSc1ccc(-c2ccc(SCCCN(CC)CC)cc2)cc1.Cl. The Morgan fingerprint density at radius 3 is 1.16 bits per heavy atom. The molecule has 2 aromatic rings. The first-order valence-electron chi connectivity index (χ1n) is 11.6. The van der Waals surface area contributed by atoms with Crippen LogP contribution in [-0.2, 0) is 0 Å². The van der Waals surface area contributed by atoms with Gasteiger partial charge < -0.3 is 9.80 Å². The Kier molecular flexibility index (Phi) is 15.5. The van der Waals surface area contributed by atoms with Gasteiger partial charge in [-0.05, 0) is 99.0 Å². The zero-order valence-electron chi connectivity index (χ0n) is 19.8. The van der Waals surface area contributed by atoms with Crippen LogP contribution in [0.2, 0.25) is 0 Å². The van der Waals surface area contributed by atoms with Gasteiger partial charge in [0.15, 0.2) is 0 Å². The summed E-state index contributed by atoms with van der Waals surface area (Å²) in [4.78, 5) is 7.74. The predicted octanol–water partition coefficient (Wildman–Crippen LogP) is 7.42. The van der Waals surface area contributed by atoms with Crippen molar-refractivity contribution in [3.8, 4) is 11.1 Å². The number of benzene rings is 2. The van der Waals surface area contributed by atoms with Crippen molar-refractivity contribution in [1.29, 1.82) is 0 Å². The molecule has 0 fully saturated rings. The van der Waals surface area contributed by atoms with Crippen LogP contribution in [0.3, 0.4) is 0 Å². The largest absolute Gasteiger partial charge is 0.304 e. The minimum Gasteiger partial charge on any atom is -0.304 e. The Bertz CT molecular complexity index is 622. The second-order valence-electron chi connectivity index (χ2n) is 7.51. The molecule has 0 aromatic heterocycles. The molecule has 5 heteroatoms. The third-order valence-electron chi connectivity index (χ3n) is 5.61. The van der Waals surface area contributed by atoms with Gasteiger partial charge in [0.2, 0.25) is 0 Å². The molecule has 0 spiro atoms. The molecule has 0 aliphatic carbocycles. The lowest BCUT2D eigenvalue weighted by molar-refractivity contribution is 0.305. The highest BCUT2D eigenvalue weighted by atomic mass is 35.5. The summed E-state index contributed by atoms with van der Waals surface area (Å²) < 4.78 is 0. The maximum Gasteiger partial charge on any atom is 0.00723 e. The predicted molar refractivity (Wildman–Crippen MR) is 145 cm³/mol. The van der Waals surface area contributed by atoms with E-state index < -0.39 is 0 Å². The lowest BCUT2D eigenvalue weighted by Gasteiger charge is -2.17. The van der Waals surface area contributed by atoms with Crippen LogP contribution in [0.1, 0.15) is 40.5 Å². The van der Waals surface area contributed by atoms with Crippen LogP contribution in [0.5, 0.6) is 0 Å². The fourth-order valence-electron chi connectivity index (χ4n) is 3.52. The van der Waals surface area contributed by atoms with Gasteiger partial charge in [0.1, 0.15) is 0 Å². The first kappa shape index (κ1) is 28.4. The second-order valence-corrected chi connectivity index (χ2v) is 9.84. The number of hydrogen-bond acceptors (Lipinski definition) is 4. The number of thioether (sulfide) groups is 2. The van der Waals surface area contributed by atoms with Crippen molar-refractivity contribution in [2.45, 2.75) is 50.3 Å². The molecule has 2 rings (SSSR count). The smallest absolute Gasteiger partial charge is 0.00723 e. The molecule has 174 valence electrons. The van der Waals surface area contributed by atoms with Crippen LogP contribution >= 0.6 is 35.9 Å². The Balaban J connectivity index is 0.00000480. The first-order valence-corrected chi connectivity index (χ1v) is 13.6. The van der Waals surface area contributed by atoms with Crippen LogP contribution in [0.4, 0.5) is 0 Å². The van der Waals surface area contributed by atoms with Crippen LogP contribution < -0.4 is 0 Å². The minimum absolute atomic E-state index is 0. The molecule has 0 bridgehead atoms. The Labute approximate surface area is 206 Å². The fraction of sp³-hybridized carbons (Fsp3) is 0.538. The van der Waals surface area contributed by atoms with Crippen molar-refractivity contribution in [2.75, 3.05) is 50.8 Å². The molecule has 0 atom stereocenters. The van der Waals surface area contributed by atoms with E-state index in [0.29, 0.717) is 0 Å². The molecule has 0 radical (unpaired) electrons. The van der Waals surface area contributed by atoms with Crippen LogP contribution in [-0.4, -0.2) is 60.6 Å². The standard InChI is InChI=1S/C26H40N2S2.ClH/c1-5-27(6-2)19-9-21-29-25-15-11-23(12-16-25)24-13-17-26(18-14-24)30-22-10-20-28(7-3)8-4;/h11-18H,5-10,19-22H2,1-4H3;1H. The molecule has 2 aromatic carbocycles. The third-order valence-corrected chi connectivity index (χ3v) is 7.80. The van der Waals surface area contributed by atoms with Crippen molar-refractivity contribution in [3.05, 3.63) is 48.5 Å². The number of rotatable bonds is 15. The first-order chi connectivity index (χ1) is 14.7. The van der Waals surface area contributed by atoms with E-state index in [0.717, 1.165) is 26.2 Å². The highest BCUT2D eigenvalue weighted by molar-refractivity contribution is 7.99. The van der Waals surface area contributed by atoms with Gasteiger partial charge >= 0.3 is 0 Å². The summed E-state index contributed by atoms with van der Waals surface area (Å²) in [6.07, 6.45) is 2.50. The second kappa shape index (κ2) is 16.9. The van der Waals surface area contributed by atoms with Gasteiger partial charge in [0, 0.05) is 9.79 Å². The van der Waals surface area contributed by atoms with E-state index in [1.165, 1.54) is 58.4 Å². The van der Waals surface area contributed by atoms with Crippen molar-refractivity contribution in [3.63, 3.8) is 0 Å². The van der Waals surface area contributed by atoms with E-state index in [1.807, 2.05) is 23.5 Å². The van der Waals surface area contributed by atoms with E-state index in [-0.39, 0.29) is 12.4 Å². The van der Waals surface area contributed by atoms with E-state index in [4.69, 9.17) is 0 Å². The zero-order valence-corrected chi connectivity index (χ0v) is 22.3. The summed E-state index contributed by atoms with van der Waals surface area (Å²) in [6.45, 7) is 16.0. The van der Waals surface area contributed by atoms with E-state index in [2.05, 4.69) is 86.0 Å². The van der Waals surface area contributed by atoms with E-state index in [1.54, 1.807) is 0 Å². The third kappa shape index (κ3) is 10.7. The molecule has 0 saturated heterocycles. The van der Waals surface area contributed by atoms with Crippen molar-refractivity contribution >= 4 is 35.9 Å². The van der Waals surface area contributed by atoms with E-state index in [9.17, 15) is 0 Å². The Hall–Kier alpha value is -0.650. The summed E-state index contributed by atoms with van der Waals surface area (Å²) >= 11 is 3.95. The molecule has 0 N–H and O–H groups in total. The Morgan fingerprint density at radius 2 is 0.871 bits per heavy atom.